The summed E-state index contributed by atoms with van der Waals surface area (Å²) in [5, 5.41) is 0.452. The highest BCUT2D eigenvalue weighted by Crippen LogP contribution is 2.18. The van der Waals surface area contributed by atoms with E-state index in [0.29, 0.717) is 17.4 Å². The van der Waals surface area contributed by atoms with E-state index in [1.807, 2.05) is 19.2 Å². The molecule has 0 saturated heterocycles. The Bertz CT molecular complexity index is 642. The molecule has 0 aliphatic rings. The second-order valence-corrected chi connectivity index (χ2v) is 4.16. The maximum absolute atomic E-state index is 11.5. The van der Waals surface area contributed by atoms with Crippen molar-refractivity contribution in [2.45, 2.75) is 18.4 Å². The smallest absolute Gasteiger partial charge is 0.372 e. The second-order valence-electron chi connectivity index (χ2n) is 3.28. The molecule has 0 spiro atoms. The van der Waals surface area contributed by atoms with Gasteiger partial charge in [-0.2, -0.15) is 0 Å². The first-order valence-electron chi connectivity index (χ1n) is 4.89. The molecule has 1 heterocycles. The maximum atomic E-state index is 11.5. The molecule has 16 heavy (non-hydrogen) atoms. The normalized spacial score (nSPS) is 10.9. The highest BCUT2D eigenvalue weighted by atomic mass is 32.2. The molecule has 1 aromatic heterocycles. The Balaban J connectivity index is 2.93. The minimum absolute atomic E-state index is 0.452. The van der Waals surface area contributed by atoms with Gasteiger partial charge in [0.25, 0.3) is 0 Å². The summed E-state index contributed by atoms with van der Waals surface area (Å²) in [6.45, 7) is 2.32. The van der Waals surface area contributed by atoms with Crippen LogP contribution in [0.4, 0.5) is 0 Å². The van der Waals surface area contributed by atoms with E-state index in [1.54, 1.807) is 23.9 Å². The van der Waals surface area contributed by atoms with Crippen molar-refractivity contribution >= 4 is 22.7 Å². The first kappa shape index (κ1) is 11.0. The van der Waals surface area contributed by atoms with Crippen molar-refractivity contribution in [1.29, 1.82) is 0 Å². The average molecular weight is 237 g/mol. The van der Waals surface area contributed by atoms with Crippen LogP contribution in [-0.4, -0.2) is 10.8 Å². The molecule has 0 radical (unpaired) electrons. The van der Waals surface area contributed by atoms with Gasteiger partial charge in [0.15, 0.2) is 0 Å². The van der Waals surface area contributed by atoms with Gasteiger partial charge < -0.3 is 4.42 Å². The Morgan fingerprint density at radius 2 is 2.12 bits per heavy atom. The van der Waals surface area contributed by atoms with Crippen LogP contribution in [0.2, 0.25) is 0 Å². The molecule has 0 amide bonds. The summed E-state index contributed by atoms with van der Waals surface area (Å²) < 4.78 is 6.10. The lowest BCUT2D eigenvalue weighted by Crippen LogP contribution is -2.24. The van der Waals surface area contributed by atoms with Crippen molar-refractivity contribution < 1.29 is 4.42 Å². The summed E-state index contributed by atoms with van der Waals surface area (Å²) in [6, 6.07) is 5.42. The Morgan fingerprint density at radius 3 is 2.75 bits per heavy atom. The van der Waals surface area contributed by atoms with Gasteiger partial charge in [-0.1, -0.05) is 0 Å². The van der Waals surface area contributed by atoms with Gasteiger partial charge in [-0.3, -0.25) is 4.57 Å². The molecular formula is C11H11NO3S. The summed E-state index contributed by atoms with van der Waals surface area (Å²) in [7, 11) is 0. The van der Waals surface area contributed by atoms with Gasteiger partial charge in [-0.25, -0.2) is 9.59 Å². The van der Waals surface area contributed by atoms with E-state index in [4.69, 9.17) is 0 Å². The lowest BCUT2D eigenvalue weighted by Gasteiger charge is -2.05. The van der Waals surface area contributed by atoms with E-state index < -0.39 is 11.4 Å². The summed E-state index contributed by atoms with van der Waals surface area (Å²) >= 11 is 1.54. The van der Waals surface area contributed by atoms with E-state index >= 15 is 0 Å². The maximum Gasteiger partial charge on any atom is 0.422 e. The standard InChI is InChI=1S/C11H11NO3S/c1-3-12-9-5-4-7(16-2)6-8(9)10(13)15-11(12)14/h4-6H,3H2,1-2H3. The Hall–Kier alpha value is -1.49. The predicted octanol–water partition coefficient (Wildman–Crippen LogP) is 1.70. The third-order valence-electron chi connectivity index (χ3n) is 2.43. The largest absolute Gasteiger partial charge is 0.422 e. The van der Waals surface area contributed by atoms with Crippen molar-refractivity contribution in [3.8, 4) is 0 Å². The molecular weight excluding hydrogens is 226 g/mol. The van der Waals surface area contributed by atoms with Crippen molar-refractivity contribution in [2.75, 3.05) is 6.26 Å². The number of aryl methyl sites for hydroxylation is 1. The minimum Gasteiger partial charge on any atom is -0.372 e. The van der Waals surface area contributed by atoms with E-state index in [-0.39, 0.29) is 0 Å². The highest BCUT2D eigenvalue weighted by molar-refractivity contribution is 7.98. The first-order chi connectivity index (χ1) is 7.67. The SMILES string of the molecule is CCn1c(=O)oc(=O)c2cc(SC)ccc21. The number of rotatable bonds is 2. The molecule has 1 aromatic carbocycles. The number of nitrogens with zero attached hydrogens (tertiary/aromatic N) is 1. The van der Waals surface area contributed by atoms with Crippen LogP contribution in [0.25, 0.3) is 10.9 Å². The average Bonchev–Trinajstić information content (AvgIpc) is 2.29. The Kier molecular flexibility index (Phi) is 2.87. The minimum atomic E-state index is -0.600. The van der Waals surface area contributed by atoms with E-state index in [0.717, 1.165) is 4.90 Å². The number of hydrogen-bond acceptors (Lipinski definition) is 4. The number of fused-ring (bicyclic) bond motifs is 1. The van der Waals surface area contributed by atoms with Crippen molar-refractivity contribution in [3.05, 3.63) is 39.2 Å². The topological polar surface area (TPSA) is 52.2 Å². The molecule has 0 N–H and O–H groups in total. The summed E-state index contributed by atoms with van der Waals surface area (Å²) in [4.78, 5) is 24.0. The van der Waals surface area contributed by atoms with E-state index in [1.165, 1.54) is 4.57 Å². The highest BCUT2D eigenvalue weighted by Gasteiger charge is 2.08. The monoisotopic (exact) mass is 237 g/mol. The quantitative estimate of drug-likeness (QED) is 0.746. The molecule has 84 valence electrons. The van der Waals surface area contributed by atoms with E-state index in [9.17, 15) is 9.59 Å². The van der Waals surface area contributed by atoms with Crippen LogP contribution >= 0.6 is 11.8 Å². The van der Waals surface area contributed by atoms with Crippen LogP contribution in [0.1, 0.15) is 6.92 Å². The molecule has 0 aliphatic carbocycles. The third kappa shape index (κ3) is 1.67. The lowest BCUT2D eigenvalue weighted by atomic mass is 10.2. The molecule has 0 atom stereocenters. The molecule has 0 bridgehead atoms. The third-order valence-corrected chi connectivity index (χ3v) is 3.16. The zero-order valence-electron chi connectivity index (χ0n) is 9.02. The zero-order chi connectivity index (χ0) is 11.7. The fourth-order valence-electron chi connectivity index (χ4n) is 1.63. The summed E-state index contributed by atoms with van der Waals surface area (Å²) in [5.74, 6) is -0.600. The molecule has 4 nitrogen and oxygen atoms in total. The molecule has 5 heteroatoms. The molecule has 0 aliphatic heterocycles. The summed E-state index contributed by atoms with van der Waals surface area (Å²) in [6.07, 6.45) is 1.93. The van der Waals surface area contributed by atoms with Crippen molar-refractivity contribution in [1.82, 2.24) is 4.57 Å². The molecule has 2 aromatic rings. The Morgan fingerprint density at radius 1 is 1.38 bits per heavy atom. The summed E-state index contributed by atoms with van der Waals surface area (Å²) in [5.41, 5.74) is 0.0575. The van der Waals surface area contributed by atoms with Crippen LogP contribution in [-0.2, 0) is 6.54 Å². The van der Waals surface area contributed by atoms with Crippen LogP contribution in [0.15, 0.2) is 37.1 Å². The van der Waals surface area contributed by atoms with Gasteiger partial charge in [0.05, 0.1) is 10.9 Å². The zero-order valence-corrected chi connectivity index (χ0v) is 9.84. The van der Waals surface area contributed by atoms with Crippen LogP contribution in [0, 0.1) is 0 Å². The van der Waals surface area contributed by atoms with Gasteiger partial charge in [0.1, 0.15) is 0 Å². The predicted molar refractivity (Wildman–Crippen MR) is 64.2 cm³/mol. The fraction of sp³-hybridized carbons (Fsp3) is 0.273. The van der Waals surface area contributed by atoms with E-state index in [2.05, 4.69) is 4.42 Å². The van der Waals surface area contributed by atoms with Crippen LogP contribution < -0.4 is 11.4 Å². The molecule has 0 unspecified atom stereocenters. The van der Waals surface area contributed by atoms with Crippen molar-refractivity contribution in [3.63, 3.8) is 0 Å². The van der Waals surface area contributed by atoms with Crippen LogP contribution in [0.3, 0.4) is 0 Å². The van der Waals surface area contributed by atoms with Gasteiger partial charge >= 0.3 is 11.4 Å². The fourth-order valence-corrected chi connectivity index (χ4v) is 2.07. The number of hydrogen-bond donors (Lipinski definition) is 0. The molecule has 0 saturated carbocycles. The molecule has 0 fully saturated rings. The van der Waals surface area contributed by atoms with Gasteiger partial charge in [-0.05, 0) is 31.4 Å². The first-order valence-corrected chi connectivity index (χ1v) is 6.11. The number of benzene rings is 1. The second kappa shape index (κ2) is 4.17. The molecule has 2 rings (SSSR count). The van der Waals surface area contributed by atoms with Crippen molar-refractivity contribution in [2.24, 2.45) is 0 Å². The Labute approximate surface area is 95.9 Å². The lowest BCUT2D eigenvalue weighted by molar-refractivity contribution is 0.421. The number of thioether (sulfide) groups is 1. The number of aromatic nitrogens is 1. The van der Waals surface area contributed by atoms with Gasteiger partial charge in [0.2, 0.25) is 0 Å². The van der Waals surface area contributed by atoms with Crippen LogP contribution in [0.5, 0.6) is 0 Å². The van der Waals surface area contributed by atoms with Gasteiger partial charge in [-0.15, -0.1) is 11.8 Å². The van der Waals surface area contributed by atoms with Gasteiger partial charge in [0, 0.05) is 11.4 Å².